The van der Waals surface area contributed by atoms with Crippen molar-refractivity contribution >= 4 is 11.7 Å². The summed E-state index contributed by atoms with van der Waals surface area (Å²) in [5, 5.41) is 16.1. The molecular formula is C23H27FN4O3. The number of fused-ring (bicyclic) bond motifs is 3. The Morgan fingerprint density at radius 2 is 2.03 bits per heavy atom. The average Bonchev–Trinajstić information content (AvgIpc) is 3.13. The first-order valence-corrected chi connectivity index (χ1v) is 10.3. The number of rotatable bonds is 5. The van der Waals surface area contributed by atoms with Crippen LogP contribution in [0.4, 0.5) is 9.18 Å². The molecule has 2 aromatic carbocycles. The number of hydrogen-bond acceptors (Lipinski definition) is 5. The molecule has 0 saturated heterocycles. The molecule has 8 heteroatoms. The minimum Gasteiger partial charge on any atom is -0.508 e. The standard InChI is InChI=1S/C23H27FN4O3/c1-26(2)10-5-11-27(3)23(30)28-22(15-6-4-7-17(29)12-15)19-14-31-20-9-8-16(24)13-18(20)21(19)25-28/h4,6-9,12-13,19,22,29H,5,10-11,14H2,1-3H3/t19-,22-/m1/s1. The Kier molecular flexibility index (Phi) is 5.82. The molecule has 2 heterocycles. The maximum Gasteiger partial charge on any atom is 0.340 e. The normalized spacial score (nSPS) is 19.5. The SMILES string of the molecule is CN(C)CCCN(C)C(=O)N1N=C2c3cc(F)ccc3OC[C@H]2[C@H]1c1cccc(O)c1. The van der Waals surface area contributed by atoms with Gasteiger partial charge in [0.15, 0.2) is 0 Å². The van der Waals surface area contributed by atoms with E-state index < -0.39 is 6.04 Å². The first-order valence-electron chi connectivity index (χ1n) is 10.3. The fourth-order valence-electron chi connectivity index (χ4n) is 4.14. The van der Waals surface area contributed by atoms with Crippen molar-refractivity contribution in [1.82, 2.24) is 14.8 Å². The van der Waals surface area contributed by atoms with Gasteiger partial charge in [-0.3, -0.25) is 0 Å². The summed E-state index contributed by atoms with van der Waals surface area (Å²) in [6.45, 7) is 1.76. The van der Waals surface area contributed by atoms with Crippen molar-refractivity contribution < 1.29 is 19.0 Å². The highest BCUT2D eigenvalue weighted by Gasteiger charge is 2.46. The zero-order chi connectivity index (χ0) is 22.1. The van der Waals surface area contributed by atoms with Gasteiger partial charge >= 0.3 is 6.03 Å². The summed E-state index contributed by atoms with van der Waals surface area (Å²) in [5.41, 5.74) is 1.94. The van der Waals surface area contributed by atoms with E-state index in [1.54, 1.807) is 36.2 Å². The van der Waals surface area contributed by atoms with Crippen molar-refractivity contribution in [2.75, 3.05) is 40.8 Å². The lowest BCUT2D eigenvalue weighted by molar-refractivity contribution is 0.132. The number of hydrogen-bond donors (Lipinski definition) is 1. The van der Waals surface area contributed by atoms with Crippen LogP contribution in [0.5, 0.6) is 11.5 Å². The smallest absolute Gasteiger partial charge is 0.340 e. The quantitative estimate of drug-likeness (QED) is 0.797. The van der Waals surface area contributed by atoms with E-state index in [4.69, 9.17) is 4.74 Å². The zero-order valence-electron chi connectivity index (χ0n) is 18.0. The highest BCUT2D eigenvalue weighted by atomic mass is 19.1. The van der Waals surface area contributed by atoms with Crippen LogP contribution in [-0.4, -0.2) is 72.5 Å². The number of amides is 2. The van der Waals surface area contributed by atoms with Crippen LogP contribution in [0.1, 0.15) is 23.6 Å². The fourth-order valence-corrected chi connectivity index (χ4v) is 4.14. The molecule has 0 aliphatic carbocycles. The van der Waals surface area contributed by atoms with Crippen molar-refractivity contribution in [3.8, 4) is 11.5 Å². The maximum absolute atomic E-state index is 14.0. The van der Waals surface area contributed by atoms with Crippen LogP contribution in [-0.2, 0) is 0 Å². The summed E-state index contributed by atoms with van der Waals surface area (Å²) in [6.07, 6.45) is 0.830. The first kappa shape index (κ1) is 21.1. The van der Waals surface area contributed by atoms with Gasteiger partial charge in [-0.15, -0.1) is 0 Å². The largest absolute Gasteiger partial charge is 0.508 e. The zero-order valence-corrected chi connectivity index (χ0v) is 18.0. The minimum absolute atomic E-state index is 0.112. The van der Waals surface area contributed by atoms with E-state index in [1.807, 2.05) is 20.2 Å². The molecule has 4 rings (SSSR count). The van der Waals surface area contributed by atoms with Gasteiger partial charge in [0.05, 0.1) is 24.3 Å². The number of benzene rings is 2. The molecular weight excluding hydrogens is 399 g/mol. The van der Waals surface area contributed by atoms with Gasteiger partial charge < -0.3 is 19.6 Å². The van der Waals surface area contributed by atoms with Gasteiger partial charge in [0, 0.05) is 19.2 Å². The summed E-state index contributed by atoms with van der Waals surface area (Å²) in [7, 11) is 5.74. The lowest BCUT2D eigenvalue weighted by Crippen LogP contribution is -2.41. The third kappa shape index (κ3) is 4.20. The van der Waals surface area contributed by atoms with Crippen LogP contribution in [0.25, 0.3) is 0 Å². The number of nitrogens with zero attached hydrogens (tertiary/aromatic N) is 4. The second-order valence-corrected chi connectivity index (χ2v) is 8.29. The van der Waals surface area contributed by atoms with Crippen molar-refractivity contribution in [1.29, 1.82) is 0 Å². The van der Waals surface area contributed by atoms with Gasteiger partial charge in [0.2, 0.25) is 0 Å². The van der Waals surface area contributed by atoms with Gasteiger partial charge in [-0.05, 0) is 63.0 Å². The number of carbonyl (C=O) groups excluding carboxylic acids is 1. The molecule has 164 valence electrons. The second kappa shape index (κ2) is 8.55. The van der Waals surface area contributed by atoms with Gasteiger partial charge in [0.25, 0.3) is 0 Å². The monoisotopic (exact) mass is 426 g/mol. The number of phenolic OH excluding ortho intramolecular Hbond substituents is 1. The molecule has 31 heavy (non-hydrogen) atoms. The van der Waals surface area contributed by atoms with E-state index in [1.165, 1.54) is 17.1 Å². The molecule has 0 radical (unpaired) electrons. The minimum atomic E-state index is -0.456. The molecule has 0 saturated carbocycles. The summed E-state index contributed by atoms with van der Waals surface area (Å²) in [5.74, 6) is 0.0148. The summed E-state index contributed by atoms with van der Waals surface area (Å²) >= 11 is 0. The Bertz CT molecular complexity index is 1010. The summed E-state index contributed by atoms with van der Waals surface area (Å²) in [6, 6.07) is 10.5. The number of urea groups is 1. The van der Waals surface area contributed by atoms with Crippen molar-refractivity contribution in [3.05, 3.63) is 59.4 Å². The molecule has 2 atom stereocenters. The first-order chi connectivity index (χ1) is 14.8. The molecule has 0 spiro atoms. The number of hydrazone groups is 1. The molecule has 2 aromatic rings. The van der Waals surface area contributed by atoms with Gasteiger partial charge in [-0.1, -0.05) is 12.1 Å². The van der Waals surface area contributed by atoms with Crippen LogP contribution in [0.2, 0.25) is 0 Å². The molecule has 7 nitrogen and oxygen atoms in total. The van der Waals surface area contributed by atoms with Crippen LogP contribution < -0.4 is 4.74 Å². The highest BCUT2D eigenvalue weighted by Crippen LogP contribution is 2.43. The Morgan fingerprint density at radius 1 is 1.23 bits per heavy atom. The second-order valence-electron chi connectivity index (χ2n) is 8.29. The predicted octanol–water partition coefficient (Wildman–Crippen LogP) is 3.30. The van der Waals surface area contributed by atoms with Crippen LogP contribution in [0.15, 0.2) is 47.6 Å². The third-order valence-electron chi connectivity index (χ3n) is 5.68. The van der Waals surface area contributed by atoms with Crippen molar-refractivity contribution in [2.24, 2.45) is 11.0 Å². The Balaban J connectivity index is 1.69. The van der Waals surface area contributed by atoms with E-state index in [2.05, 4.69) is 10.0 Å². The Hall–Kier alpha value is -3.13. The molecule has 0 bridgehead atoms. The topological polar surface area (TPSA) is 68.6 Å². The third-order valence-corrected chi connectivity index (χ3v) is 5.68. The number of halogens is 1. The molecule has 0 unspecified atom stereocenters. The van der Waals surface area contributed by atoms with E-state index in [0.717, 1.165) is 18.5 Å². The molecule has 2 aliphatic heterocycles. The lowest BCUT2D eigenvalue weighted by Gasteiger charge is -2.31. The van der Waals surface area contributed by atoms with E-state index in [-0.39, 0.29) is 23.5 Å². The van der Waals surface area contributed by atoms with E-state index in [0.29, 0.717) is 30.2 Å². The average molecular weight is 426 g/mol. The van der Waals surface area contributed by atoms with Crippen molar-refractivity contribution in [2.45, 2.75) is 12.5 Å². The molecule has 2 amide bonds. The van der Waals surface area contributed by atoms with Crippen LogP contribution in [0.3, 0.4) is 0 Å². The molecule has 1 N–H and O–H groups in total. The van der Waals surface area contributed by atoms with Crippen molar-refractivity contribution in [3.63, 3.8) is 0 Å². The van der Waals surface area contributed by atoms with Gasteiger partial charge in [-0.25, -0.2) is 14.2 Å². The molecule has 2 aliphatic rings. The Labute approximate surface area is 181 Å². The maximum atomic E-state index is 14.0. The number of phenols is 1. The van der Waals surface area contributed by atoms with Gasteiger partial charge in [0.1, 0.15) is 17.3 Å². The van der Waals surface area contributed by atoms with E-state index >= 15 is 0 Å². The number of ether oxygens (including phenoxy) is 1. The highest BCUT2D eigenvalue weighted by molar-refractivity contribution is 6.07. The fraction of sp³-hybridized carbons (Fsp3) is 0.391. The van der Waals surface area contributed by atoms with Gasteiger partial charge in [-0.2, -0.15) is 5.10 Å². The Morgan fingerprint density at radius 3 is 2.77 bits per heavy atom. The van der Waals surface area contributed by atoms with Crippen LogP contribution in [0, 0.1) is 11.7 Å². The number of aromatic hydroxyl groups is 1. The summed E-state index contributed by atoms with van der Waals surface area (Å²) in [4.78, 5) is 17.1. The van der Waals surface area contributed by atoms with Crippen LogP contribution >= 0.6 is 0 Å². The predicted molar refractivity (Wildman–Crippen MR) is 116 cm³/mol. The number of carbonyl (C=O) groups is 1. The molecule has 0 fully saturated rings. The van der Waals surface area contributed by atoms with E-state index in [9.17, 15) is 14.3 Å². The lowest BCUT2D eigenvalue weighted by atomic mass is 9.86. The molecule has 0 aromatic heterocycles. The summed E-state index contributed by atoms with van der Waals surface area (Å²) < 4.78 is 19.9.